The highest BCUT2D eigenvalue weighted by atomic mass is 15.4. The van der Waals surface area contributed by atoms with E-state index in [9.17, 15) is 0 Å². The second-order valence-electron chi connectivity index (χ2n) is 13.3. The lowest BCUT2D eigenvalue weighted by Gasteiger charge is -2.44. The molecule has 5 heteroatoms. The Hall–Kier alpha value is -5.68. The summed E-state index contributed by atoms with van der Waals surface area (Å²) in [5, 5.41) is 3.80. The maximum absolute atomic E-state index is 5.32. The zero-order valence-corrected chi connectivity index (χ0v) is 26.5. The Morgan fingerprint density at radius 1 is 0.750 bits per heavy atom. The van der Waals surface area contributed by atoms with E-state index in [4.69, 9.17) is 9.98 Å². The van der Waals surface area contributed by atoms with E-state index in [0.717, 1.165) is 35.8 Å². The van der Waals surface area contributed by atoms with Gasteiger partial charge in [-0.05, 0) is 52.8 Å². The van der Waals surface area contributed by atoms with Crippen LogP contribution in [0.5, 0.6) is 0 Å². The van der Waals surface area contributed by atoms with Gasteiger partial charge in [0.2, 0.25) is 5.96 Å². The molecule has 0 fully saturated rings. The number of benzene rings is 4. The molecule has 6 aliphatic rings. The molecule has 5 atom stereocenters. The number of amidine groups is 1. The third-order valence-electron chi connectivity index (χ3n) is 10.7. The smallest absolute Gasteiger partial charge is 0.211 e. The van der Waals surface area contributed by atoms with Gasteiger partial charge in [-0.2, -0.15) is 4.99 Å². The van der Waals surface area contributed by atoms with Gasteiger partial charge in [0.15, 0.2) is 5.84 Å². The maximum Gasteiger partial charge on any atom is 0.211 e. The van der Waals surface area contributed by atoms with Gasteiger partial charge in [-0.1, -0.05) is 140 Å². The molecule has 48 heavy (non-hydrogen) atoms. The molecule has 232 valence electrons. The molecule has 0 saturated heterocycles. The summed E-state index contributed by atoms with van der Waals surface area (Å²) < 4.78 is 0. The number of fused-ring (bicyclic) bond motifs is 6. The molecule has 0 amide bonds. The van der Waals surface area contributed by atoms with E-state index in [-0.39, 0.29) is 24.2 Å². The summed E-state index contributed by atoms with van der Waals surface area (Å²) in [7, 11) is 0. The Balaban J connectivity index is 1.16. The van der Waals surface area contributed by atoms with E-state index in [1.54, 1.807) is 0 Å². The topological polar surface area (TPSA) is 43.2 Å². The number of anilines is 1. The third-order valence-corrected chi connectivity index (χ3v) is 10.7. The number of allylic oxidation sites excluding steroid dienone is 5. The summed E-state index contributed by atoms with van der Waals surface area (Å²) in [6.45, 7) is 0. The van der Waals surface area contributed by atoms with E-state index in [2.05, 4.69) is 161 Å². The summed E-state index contributed by atoms with van der Waals surface area (Å²) >= 11 is 0. The molecule has 0 aromatic heterocycles. The highest BCUT2D eigenvalue weighted by Gasteiger charge is 2.51. The predicted octanol–water partition coefficient (Wildman–Crippen LogP) is 8.82. The number of hydrogen-bond donors (Lipinski definition) is 1. The molecule has 0 spiro atoms. The van der Waals surface area contributed by atoms with Gasteiger partial charge < -0.3 is 10.2 Å². The van der Waals surface area contributed by atoms with Crippen molar-refractivity contribution < 1.29 is 0 Å². The summed E-state index contributed by atoms with van der Waals surface area (Å²) in [5.74, 6) is 2.06. The van der Waals surface area contributed by atoms with Gasteiger partial charge in [0.25, 0.3) is 0 Å². The van der Waals surface area contributed by atoms with Crippen molar-refractivity contribution in [2.24, 2.45) is 15.9 Å². The third kappa shape index (κ3) is 4.17. The molecule has 3 heterocycles. The molecule has 3 aliphatic carbocycles. The minimum absolute atomic E-state index is 0.114. The van der Waals surface area contributed by atoms with Gasteiger partial charge in [0.1, 0.15) is 6.17 Å². The molecular formula is C43H35N5. The molecule has 3 aliphatic heterocycles. The highest BCUT2D eigenvalue weighted by Crippen LogP contribution is 2.58. The number of aliphatic imine (C=N–C) groups is 2. The van der Waals surface area contributed by atoms with Crippen molar-refractivity contribution >= 4 is 23.6 Å². The van der Waals surface area contributed by atoms with Gasteiger partial charge in [-0.15, -0.1) is 0 Å². The van der Waals surface area contributed by atoms with Gasteiger partial charge in [0.05, 0.1) is 18.0 Å². The minimum atomic E-state index is -0.256. The predicted molar refractivity (Wildman–Crippen MR) is 194 cm³/mol. The van der Waals surface area contributed by atoms with Crippen molar-refractivity contribution in [1.82, 2.24) is 10.2 Å². The van der Waals surface area contributed by atoms with Crippen LogP contribution in [0.25, 0.3) is 6.08 Å². The fourth-order valence-corrected chi connectivity index (χ4v) is 8.67. The van der Waals surface area contributed by atoms with Crippen LogP contribution in [0.2, 0.25) is 0 Å². The van der Waals surface area contributed by atoms with Crippen molar-refractivity contribution in [2.75, 3.05) is 4.90 Å². The second kappa shape index (κ2) is 11.0. The van der Waals surface area contributed by atoms with Crippen molar-refractivity contribution in [2.45, 2.75) is 37.0 Å². The van der Waals surface area contributed by atoms with Crippen LogP contribution in [0.15, 0.2) is 173 Å². The van der Waals surface area contributed by atoms with Crippen molar-refractivity contribution in [3.05, 3.63) is 190 Å². The van der Waals surface area contributed by atoms with Crippen LogP contribution in [0.3, 0.4) is 0 Å². The lowest BCUT2D eigenvalue weighted by Crippen LogP contribution is -2.46. The molecule has 10 rings (SSSR count). The Kier molecular flexibility index (Phi) is 6.26. The molecule has 5 nitrogen and oxygen atoms in total. The van der Waals surface area contributed by atoms with Gasteiger partial charge in [-0.25, -0.2) is 4.99 Å². The number of hydrogen-bond acceptors (Lipinski definition) is 5. The second-order valence-corrected chi connectivity index (χ2v) is 13.3. The van der Waals surface area contributed by atoms with Crippen LogP contribution in [0.4, 0.5) is 5.69 Å². The van der Waals surface area contributed by atoms with Crippen LogP contribution in [-0.4, -0.2) is 22.7 Å². The van der Waals surface area contributed by atoms with Crippen LogP contribution in [0.1, 0.15) is 58.8 Å². The Bertz CT molecular complexity index is 2150. The number of para-hydroxylation sites is 1. The first kappa shape index (κ1) is 27.4. The molecule has 4 aromatic rings. The number of guanidine groups is 1. The van der Waals surface area contributed by atoms with Crippen LogP contribution >= 0.6 is 0 Å². The Morgan fingerprint density at radius 3 is 2.38 bits per heavy atom. The fourth-order valence-electron chi connectivity index (χ4n) is 8.67. The largest absolute Gasteiger partial charge is 0.356 e. The molecule has 0 radical (unpaired) electrons. The molecule has 4 aromatic carbocycles. The summed E-state index contributed by atoms with van der Waals surface area (Å²) in [6, 6.07) is 39.3. The van der Waals surface area contributed by atoms with Gasteiger partial charge in [0, 0.05) is 28.6 Å². The summed E-state index contributed by atoms with van der Waals surface area (Å²) in [6.07, 6.45) is 18.1. The monoisotopic (exact) mass is 621 g/mol. The Labute approximate surface area is 281 Å². The number of nitrogens with one attached hydrogen (secondary N) is 1. The van der Waals surface area contributed by atoms with Crippen LogP contribution < -0.4 is 10.2 Å². The zero-order valence-electron chi connectivity index (χ0n) is 26.5. The Morgan fingerprint density at radius 2 is 1.50 bits per heavy atom. The first-order valence-electron chi connectivity index (χ1n) is 17.1. The molecule has 5 unspecified atom stereocenters. The average Bonchev–Trinajstić information content (AvgIpc) is 3.67. The normalized spacial score (nSPS) is 26.1. The maximum atomic E-state index is 5.32. The fraction of sp³-hybridized carbons (Fsp3) is 0.163. The standard InChI is InChI=1S/C43H35N5/c1-3-15-28(16-4-1)41-44-42(29-17-5-2-6-18-29)46-43(45-41)48-37-26-14-11-23-34(37)39-38(48)27-30-19-7-8-20-31(30)40(39)47-35-24-12-9-21-32(35)33-22-10-13-25-36(33)47/h1-13,15-25,27,32,35,39-41H,14,26H2,(H,44,45,46). The van der Waals surface area contributed by atoms with Crippen LogP contribution in [-0.2, 0) is 0 Å². The zero-order chi connectivity index (χ0) is 31.6. The van der Waals surface area contributed by atoms with Crippen molar-refractivity contribution in [1.29, 1.82) is 0 Å². The lowest BCUT2D eigenvalue weighted by atomic mass is 9.77. The van der Waals surface area contributed by atoms with E-state index in [1.807, 2.05) is 6.07 Å². The van der Waals surface area contributed by atoms with Gasteiger partial charge >= 0.3 is 0 Å². The molecule has 0 bridgehead atoms. The minimum Gasteiger partial charge on any atom is -0.356 e. The highest BCUT2D eigenvalue weighted by molar-refractivity contribution is 6.08. The van der Waals surface area contributed by atoms with E-state index >= 15 is 0 Å². The first-order chi connectivity index (χ1) is 23.8. The van der Waals surface area contributed by atoms with Crippen molar-refractivity contribution in [3.8, 4) is 0 Å². The summed E-state index contributed by atoms with van der Waals surface area (Å²) in [4.78, 5) is 15.7. The van der Waals surface area contributed by atoms with E-state index < -0.39 is 0 Å². The SMILES string of the molecule is C1=CC2c3ccccc3N(C3c4ccccc4C=C4C3C3=C(CCC=C3)N4C3=NC(c4ccccc4)=NC(c4ccccc4)N3)C2C=C1. The molecular weight excluding hydrogens is 587 g/mol. The van der Waals surface area contributed by atoms with E-state index in [1.165, 1.54) is 39.3 Å². The molecule has 1 N–H and O–H groups in total. The van der Waals surface area contributed by atoms with Gasteiger partial charge in [-0.3, -0.25) is 4.90 Å². The van der Waals surface area contributed by atoms with Crippen molar-refractivity contribution in [3.63, 3.8) is 0 Å². The quantitative estimate of drug-likeness (QED) is 0.249. The number of nitrogens with zero attached hydrogens (tertiary/aromatic N) is 4. The average molecular weight is 622 g/mol. The van der Waals surface area contributed by atoms with Crippen LogP contribution in [0, 0.1) is 5.92 Å². The lowest BCUT2D eigenvalue weighted by molar-refractivity contribution is 0.453. The first-order valence-corrected chi connectivity index (χ1v) is 17.1. The summed E-state index contributed by atoms with van der Waals surface area (Å²) in [5.41, 5.74) is 11.5. The van der Waals surface area contributed by atoms with E-state index in [0.29, 0.717) is 5.92 Å². The molecule has 0 saturated carbocycles. The number of rotatable bonds is 3.